The average molecular weight is 280 g/mol. The largest absolute Gasteiger partial charge is 0.366 e. The van der Waals surface area contributed by atoms with Crippen molar-refractivity contribution in [3.63, 3.8) is 0 Å². The number of nitrogens with two attached hydrogens (primary N) is 2. The third-order valence-electron chi connectivity index (χ3n) is 3.27. The number of carbonyl (C=O) groups excluding carboxylic acids is 2. The number of carbonyl (C=O) groups is 2. The lowest BCUT2D eigenvalue weighted by Gasteiger charge is -2.10. The van der Waals surface area contributed by atoms with Gasteiger partial charge in [-0.1, -0.05) is 49.1 Å². The standard InChI is InChI=1S/C17H16N2O2/c1-2-11-6-8-12(9-7-11)10-13-4-3-5-14(16(18)20)15(13)17(19)21/h2-9H,1,10H2,(H2,18,20)(H2,19,21). The molecule has 0 aromatic heterocycles. The molecular formula is C17H16N2O2. The van der Waals surface area contributed by atoms with Gasteiger partial charge in [-0.05, 0) is 29.2 Å². The predicted molar refractivity (Wildman–Crippen MR) is 82.8 cm³/mol. The lowest BCUT2D eigenvalue weighted by atomic mass is 9.94. The monoisotopic (exact) mass is 280 g/mol. The zero-order valence-corrected chi connectivity index (χ0v) is 11.5. The molecule has 21 heavy (non-hydrogen) atoms. The van der Waals surface area contributed by atoms with Crippen LogP contribution in [0.15, 0.2) is 49.0 Å². The molecule has 0 unspecified atom stereocenters. The lowest BCUT2D eigenvalue weighted by molar-refractivity contribution is 0.0966. The molecule has 0 aliphatic heterocycles. The van der Waals surface area contributed by atoms with Crippen molar-refractivity contribution in [2.45, 2.75) is 6.42 Å². The van der Waals surface area contributed by atoms with E-state index in [9.17, 15) is 9.59 Å². The molecule has 0 radical (unpaired) electrons. The van der Waals surface area contributed by atoms with E-state index in [2.05, 4.69) is 6.58 Å². The van der Waals surface area contributed by atoms with Gasteiger partial charge in [-0.3, -0.25) is 9.59 Å². The molecule has 0 heterocycles. The summed E-state index contributed by atoms with van der Waals surface area (Å²) in [5.41, 5.74) is 13.7. The SMILES string of the molecule is C=Cc1ccc(Cc2cccc(C(N)=O)c2C(N)=O)cc1. The van der Waals surface area contributed by atoms with Crippen molar-refractivity contribution in [3.05, 3.63) is 76.9 Å². The van der Waals surface area contributed by atoms with Gasteiger partial charge in [0.05, 0.1) is 11.1 Å². The third-order valence-corrected chi connectivity index (χ3v) is 3.27. The van der Waals surface area contributed by atoms with Crippen molar-refractivity contribution in [2.75, 3.05) is 0 Å². The number of primary amides is 2. The van der Waals surface area contributed by atoms with Gasteiger partial charge in [-0.2, -0.15) is 0 Å². The maximum absolute atomic E-state index is 11.6. The molecule has 0 saturated carbocycles. The molecule has 4 heteroatoms. The molecular weight excluding hydrogens is 264 g/mol. The third kappa shape index (κ3) is 3.17. The quantitative estimate of drug-likeness (QED) is 0.878. The maximum Gasteiger partial charge on any atom is 0.249 e. The van der Waals surface area contributed by atoms with Crippen LogP contribution in [-0.4, -0.2) is 11.8 Å². The van der Waals surface area contributed by atoms with Crippen LogP contribution in [0, 0.1) is 0 Å². The van der Waals surface area contributed by atoms with Crippen LogP contribution in [0.3, 0.4) is 0 Å². The Kier molecular flexibility index (Phi) is 4.18. The molecule has 0 atom stereocenters. The molecule has 0 bridgehead atoms. The van der Waals surface area contributed by atoms with Gasteiger partial charge in [-0.15, -0.1) is 0 Å². The highest BCUT2D eigenvalue weighted by molar-refractivity contribution is 6.07. The first kappa shape index (κ1) is 14.5. The molecule has 2 aromatic carbocycles. The zero-order valence-electron chi connectivity index (χ0n) is 11.5. The fraction of sp³-hybridized carbons (Fsp3) is 0.0588. The zero-order chi connectivity index (χ0) is 15.4. The molecule has 0 fully saturated rings. The van der Waals surface area contributed by atoms with Crippen LogP contribution >= 0.6 is 0 Å². The highest BCUT2D eigenvalue weighted by Crippen LogP contribution is 2.19. The Bertz CT molecular complexity index is 703. The van der Waals surface area contributed by atoms with E-state index in [0.29, 0.717) is 12.0 Å². The maximum atomic E-state index is 11.6. The summed E-state index contributed by atoms with van der Waals surface area (Å²) in [6.07, 6.45) is 2.25. The first-order chi connectivity index (χ1) is 10.0. The molecule has 2 rings (SSSR count). The van der Waals surface area contributed by atoms with Crippen molar-refractivity contribution in [1.29, 1.82) is 0 Å². The minimum atomic E-state index is -0.660. The second-order valence-electron chi connectivity index (χ2n) is 4.69. The van der Waals surface area contributed by atoms with Crippen LogP contribution < -0.4 is 11.5 Å². The second-order valence-corrected chi connectivity index (χ2v) is 4.69. The van der Waals surface area contributed by atoms with Crippen LogP contribution in [-0.2, 0) is 6.42 Å². The van der Waals surface area contributed by atoms with E-state index in [4.69, 9.17) is 11.5 Å². The van der Waals surface area contributed by atoms with Crippen molar-refractivity contribution >= 4 is 17.9 Å². The molecule has 4 N–H and O–H groups in total. The molecule has 4 nitrogen and oxygen atoms in total. The van der Waals surface area contributed by atoms with E-state index in [0.717, 1.165) is 11.1 Å². The smallest absolute Gasteiger partial charge is 0.249 e. The fourth-order valence-electron chi connectivity index (χ4n) is 2.24. The molecule has 0 saturated heterocycles. The Morgan fingerprint density at radius 3 is 2.19 bits per heavy atom. The van der Waals surface area contributed by atoms with Crippen LogP contribution in [0.2, 0.25) is 0 Å². The molecule has 0 spiro atoms. The van der Waals surface area contributed by atoms with Gasteiger partial charge in [0.15, 0.2) is 0 Å². The normalized spacial score (nSPS) is 10.1. The number of hydrogen-bond acceptors (Lipinski definition) is 2. The summed E-state index contributed by atoms with van der Waals surface area (Å²) < 4.78 is 0. The number of rotatable bonds is 5. The van der Waals surface area contributed by atoms with Crippen molar-refractivity contribution in [1.82, 2.24) is 0 Å². The summed E-state index contributed by atoms with van der Waals surface area (Å²) in [6, 6.07) is 12.7. The second kappa shape index (κ2) is 6.05. The summed E-state index contributed by atoms with van der Waals surface area (Å²) in [5.74, 6) is -1.31. The van der Waals surface area contributed by atoms with E-state index in [1.54, 1.807) is 18.2 Å². The van der Waals surface area contributed by atoms with Crippen molar-refractivity contribution in [3.8, 4) is 0 Å². The first-order valence-corrected chi connectivity index (χ1v) is 6.46. The minimum Gasteiger partial charge on any atom is -0.366 e. The molecule has 2 amide bonds. The number of hydrogen-bond donors (Lipinski definition) is 2. The Labute approximate surface area is 123 Å². The molecule has 0 aliphatic carbocycles. The van der Waals surface area contributed by atoms with Crippen LogP contribution in [0.25, 0.3) is 6.08 Å². The van der Waals surface area contributed by atoms with Gasteiger partial charge in [0, 0.05) is 0 Å². The highest BCUT2D eigenvalue weighted by Gasteiger charge is 2.17. The van der Waals surface area contributed by atoms with Gasteiger partial charge in [0.2, 0.25) is 11.8 Å². The van der Waals surface area contributed by atoms with Gasteiger partial charge < -0.3 is 11.5 Å². The Morgan fingerprint density at radius 1 is 1.00 bits per heavy atom. The summed E-state index contributed by atoms with van der Waals surface area (Å²) in [6.45, 7) is 3.70. The Balaban J connectivity index is 2.43. The number of benzene rings is 2. The number of amides is 2. The summed E-state index contributed by atoms with van der Waals surface area (Å²) in [4.78, 5) is 23.1. The molecule has 2 aromatic rings. The summed E-state index contributed by atoms with van der Waals surface area (Å²) in [7, 11) is 0. The van der Waals surface area contributed by atoms with Gasteiger partial charge in [-0.25, -0.2) is 0 Å². The summed E-state index contributed by atoms with van der Waals surface area (Å²) in [5, 5.41) is 0. The fourth-order valence-corrected chi connectivity index (χ4v) is 2.24. The molecule has 0 aliphatic rings. The van der Waals surface area contributed by atoms with Gasteiger partial charge >= 0.3 is 0 Å². The van der Waals surface area contributed by atoms with E-state index >= 15 is 0 Å². The van der Waals surface area contributed by atoms with Gasteiger partial charge in [0.1, 0.15) is 0 Å². The predicted octanol–water partition coefficient (Wildman–Crippen LogP) is 2.12. The first-order valence-electron chi connectivity index (χ1n) is 6.46. The van der Waals surface area contributed by atoms with Crippen molar-refractivity contribution < 1.29 is 9.59 Å². The lowest BCUT2D eigenvalue weighted by Crippen LogP contribution is -2.22. The Hall–Kier alpha value is -2.88. The van der Waals surface area contributed by atoms with Crippen LogP contribution in [0.5, 0.6) is 0 Å². The van der Waals surface area contributed by atoms with E-state index in [-0.39, 0.29) is 11.1 Å². The highest BCUT2D eigenvalue weighted by atomic mass is 16.2. The van der Waals surface area contributed by atoms with Crippen molar-refractivity contribution in [2.24, 2.45) is 11.5 Å². The van der Waals surface area contributed by atoms with Crippen LogP contribution in [0.4, 0.5) is 0 Å². The molecule has 106 valence electrons. The van der Waals surface area contributed by atoms with E-state index in [1.807, 2.05) is 24.3 Å². The van der Waals surface area contributed by atoms with E-state index in [1.165, 1.54) is 6.07 Å². The topological polar surface area (TPSA) is 86.2 Å². The Morgan fingerprint density at radius 2 is 1.67 bits per heavy atom. The minimum absolute atomic E-state index is 0.155. The average Bonchev–Trinajstić information content (AvgIpc) is 2.47. The van der Waals surface area contributed by atoms with Gasteiger partial charge in [0.25, 0.3) is 0 Å². The van der Waals surface area contributed by atoms with E-state index < -0.39 is 11.8 Å². The summed E-state index contributed by atoms with van der Waals surface area (Å²) >= 11 is 0. The van der Waals surface area contributed by atoms with Crippen LogP contribution in [0.1, 0.15) is 37.4 Å².